The first-order valence-corrected chi connectivity index (χ1v) is 24.7. The molecular weight excluding hydrogens is 781 g/mol. The van der Waals surface area contributed by atoms with Crippen molar-refractivity contribution in [3.05, 3.63) is 95.5 Å². The lowest BCUT2D eigenvalue weighted by Gasteiger charge is -2.73. The largest absolute Gasteiger partial charge is 0.478 e. The van der Waals surface area contributed by atoms with Crippen LogP contribution >= 0.6 is 0 Å². The number of nitrogens with zero attached hydrogens (tertiary/aromatic N) is 2. The molecule has 0 unspecified atom stereocenters. The van der Waals surface area contributed by atoms with Crippen LogP contribution in [0.25, 0.3) is 5.57 Å². The summed E-state index contributed by atoms with van der Waals surface area (Å²) in [5, 5.41) is 14.0. The lowest BCUT2D eigenvalue weighted by Crippen LogP contribution is -2.79. The van der Waals surface area contributed by atoms with Gasteiger partial charge in [-0.2, -0.15) is 0 Å². The van der Waals surface area contributed by atoms with Gasteiger partial charge in [0.2, 0.25) is 5.36 Å². The molecule has 8 rings (SSSR count). The molecule has 0 atom stereocenters. The fraction of sp³-hybridized carbons (Fsp3) is 0.667. The quantitative estimate of drug-likeness (QED) is 0.204. The summed E-state index contributed by atoms with van der Waals surface area (Å²) in [5.41, 5.74) is 14.9. The highest BCUT2D eigenvalue weighted by Crippen LogP contribution is 2.70. The smallest absolute Gasteiger partial charge is 0.336 e. The Morgan fingerprint density at radius 1 is 0.547 bits per heavy atom. The van der Waals surface area contributed by atoms with Crippen molar-refractivity contribution in [2.45, 2.75) is 237 Å². The molecule has 3 aromatic carbocycles. The van der Waals surface area contributed by atoms with Crippen molar-refractivity contribution in [2.24, 2.45) is 21.7 Å². The van der Waals surface area contributed by atoms with E-state index >= 15 is 0 Å². The minimum Gasteiger partial charge on any atom is -0.478 e. The van der Waals surface area contributed by atoms with Crippen molar-refractivity contribution in [1.29, 1.82) is 0 Å². The fourth-order valence-electron chi connectivity index (χ4n) is 15.8. The van der Waals surface area contributed by atoms with E-state index in [4.69, 9.17) is 0 Å². The van der Waals surface area contributed by atoms with E-state index in [1.54, 1.807) is 0 Å². The zero-order chi connectivity index (χ0) is 48.8. The summed E-state index contributed by atoms with van der Waals surface area (Å²) in [7, 11) is 0. The van der Waals surface area contributed by atoms with Gasteiger partial charge in [-0.15, -0.1) is 0 Å². The number of carbonyl (C=O) groups is 1. The van der Waals surface area contributed by atoms with Crippen LogP contribution in [0.1, 0.15) is 238 Å². The molecule has 0 radical (unpaired) electrons. The molecule has 4 heterocycles. The Hall–Kier alpha value is -3.40. The summed E-state index contributed by atoms with van der Waals surface area (Å²) >= 11 is 0. The number of carboxylic acid groups (broad SMARTS) is 1. The molecule has 4 aliphatic heterocycles. The van der Waals surface area contributed by atoms with Gasteiger partial charge in [-0.1, -0.05) is 128 Å². The van der Waals surface area contributed by atoms with Gasteiger partial charge in [0.25, 0.3) is 0 Å². The summed E-state index contributed by atoms with van der Waals surface area (Å²) in [6.45, 7) is 67.3. The highest BCUT2D eigenvalue weighted by atomic mass is 16.4. The van der Waals surface area contributed by atoms with Crippen LogP contribution in [0.15, 0.2) is 18.2 Å². The molecule has 0 aromatic heterocycles. The van der Waals surface area contributed by atoms with Gasteiger partial charge in [0, 0.05) is 77.2 Å². The van der Waals surface area contributed by atoms with Crippen LogP contribution in [0.5, 0.6) is 0 Å². The van der Waals surface area contributed by atoms with Crippen molar-refractivity contribution >= 4 is 17.2 Å². The number of carboxylic acids is 1. The zero-order valence-corrected chi connectivity index (χ0v) is 45.7. The molecule has 5 aliphatic rings. The van der Waals surface area contributed by atoms with E-state index in [1.165, 1.54) is 66.3 Å². The third-order valence-electron chi connectivity index (χ3n) is 23.7. The topological polar surface area (TPSA) is 43.5 Å². The highest BCUT2D eigenvalue weighted by molar-refractivity contribution is 6.00. The first-order chi connectivity index (χ1) is 28.5. The third-order valence-corrected chi connectivity index (χ3v) is 23.7. The number of hydrogen-bond donors (Lipinski definition) is 1. The van der Waals surface area contributed by atoms with Crippen LogP contribution in [0.3, 0.4) is 0 Å². The van der Waals surface area contributed by atoms with Crippen LogP contribution in [0.2, 0.25) is 0 Å². The van der Waals surface area contributed by atoms with Crippen LogP contribution in [-0.2, 0) is 28.1 Å². The van der Waals surface area contributed by atoms with E-state index in [1.807, 2.05) is 12.1 Å². The fourth-order valence-corrected chi connectivity index (χ4v) is 15.8. The van der Waals surface area contributed by atoms with Gasteiger partial charge in [0.15, 0.2) is 11.1 Å². The van der Waals surface area contributed by atoms with Gasteiger partial charge in [-0.25, -0.2) is 9.37 Å². The molecule has 4 nitrogen and oxygen atoms in total. The molecular formula is C60H87N2O2+. The zero-order valence-electron chi connectivity index (χ0n) is 45.7. The molecule has 1 aliphatic carbocycles. The Bertz CT molecular complexity index is 2790. The molecule has 0 bridgehead atoms. The van der Waals surface area contributed by atoms with Crippen LogP contribution in [0, 0.1) is 42.4 Å². The Morgan fingerprint density at radius 2 is 0.984 bits per heavy atom. The summed E-state index contributed by atoms with van der Waals surface area (Å²) in [6, 6.07) is 6.07. The average molecular weight is 868 g/mol. The summed E-state index contributed by atoms with van der Waals surface area (Å²) in [6.07, 6.45) is 0.797. The number of benzene rings is 3. The van der Waals surface area contributed by atoms with Gasteiger partial charge in [0.1, 0.15) is 0 Å². The summed E-state index contributed by atoms with van der Waals surface area (Å²) in [5.74, 6) is -0.875. The number of rotatable bonds is 2. The van der Waals surface area contributed by atoms with Gasteiger partial charge < -0.3 is 10.0 Å². The minimum atomic E-state index is -0.875. The van der Waals surface area contributed by atoms with E-state index in [0.29, 0.717) is 5.56 Å². The van der Waals surface area contributed by atoms with Gasteiger partial charge in [0.05, 0.1) is 5.56 Å². The molecule has 348 valence electrons. The third kappa shape index (κ3) is 4.60. The number of aryl methyl sites for hydroxylation is 1. The summed E-state index contributed by atoms with van der Waals surface area (Å²) in [4.78, 5) is 16.7. The van der Waals surface area contributed by atoms with Crippen LogP contribution in [-0.4, -0.2) is 33.2 Å². The van der Waals surface area contributed by atoms with E-state index in [2.05, 4.69) is 202 Å². The lowest BCUT2D eigenvalue weighted by molar-refractivity contribution is -0.0626. The van der Waals surface area contributed by atoms with Gasteiger partial charge in [-0.3, -0.25) is 0 Å². The Balaban J connectivity index is 1.81. The predicted octanol–water partition coefficient (Wildman–Crippen LogP) is 13.1. The first-order valence-electron chi connectivity index (χ1n) is 24.7. The molecule has 4 heteroatoms. The Kier molecular flexibility index (Phi) is 8.97. The predicted molar refractivity (Wildman–Crippen MR) is 271 cm³/mol. The first kappa shape index (κ1) is 47.1. The minimum absolute atomic E-state index is 0.145. The van der Waals surface area contributed by atoms with Crippen LogP contribution in [0.4, 0.5) is 5.69 Å². The second kappa shape index (κ2) is 12.2. The van der Waals surface area contributed by atoms with Crippen molar-refractivity contribution in [3.8, 4) is 0 Å². The molecule has 0 amide bonds. The highest BCUT2D eigenvalue weighted by Gasteiger charge is 2.71. The van der Waals surface area contributed by atoms with E-state index in [0.717, 1.165) is 23.1 Å². The number of anilines is 1. The maximum Gasteiger partial charge on any atom is 0.336 e. The SMILES string of the molecule is Cc1ccc(C(=O)O)c(C2=c3c(C)c4c5c(c3Cc3c2c(C)c2c6c3C(C)(C)C(C)(C)C(C)(C)N6C(C)(C)C(C)(C)C2(C)C)C(C)(C)C(C)(C)C(C)(C)[N+]=5C(C)(C)C(C)(C)C4(C)C)c1. The van der Waals surface area contributed by atoms with Gasteiger partial charge in [-0.05, 0) is 138 Å². The molecule has 3 aromatic rings. The van der Waals surface area contributed by atoms with Crippen molar-refractivity contribution in [3.63, 3.8) is 0 Å². The molecule has 64 heavy (non-hydrogen) atoms. The van der Waals surface area contributed by atoms with Crippen molar-refractivity contribution in [1.82, 2.24) is 4.58 Å². The molecule has 0 saturated carbocycles. The summed E-state index contributed by atoms with van der Waals surface area (Å²) < 4.78 is 2.89. The normalized spacial score (nSPS) is 26.3. The number of aromatic carboxylic acids is 1. The number of hydrogen-bond acceptors (Lipinski definition) is 2. The van der Waals surface area contributed by atoms with Gasteiger partial charge >= 0.3 is 5.97 Å². The average Bonchev–Trinajstić information content (AvgIpc) is 3.10. The Labute approximate surface area is 389 Å². The molecule has 0 fully saturated rings. The lowest BCUT2D eigenvalue weighted by atomic mass is 9.44. The molecule has 0 saturated heterocycles. The monoisotopic (exact) mass is 868 g/mol. The van der Waals surface area contributed by atoms with Crippen LogP contribution < -0.4 is 20.1 Å². The second-order valence-corrected chi connectivity index (χ2v) is 28.0. The van der Waals surface area contributed by atoms with E-state index in [9.17, 15) is 9.90 Å². The van der Waals surface area contributed by atoms with E-state index in [-0.39, 0.29) is 65.5 Å². The molecule has 1 N–H and O–H groups in total. The van der Waals surface area contributed by atoms with Crippen molar-refractivity contribution in [2.75, 3.05) is 4.90 Å². The number of fused-ring (bicyclic) bond motifs is 4. The molecule has 0 spiro atoms. The van der Waals surface area contributed by atoms with Crippen molar-refractivity contribution < 1.29 is 9.90 Å². The maximum absolute atomic E-state index is 13.8. The maximum atomic E-state index is 13.8. The standard InChI is InChI=1S/C60H86N2O2/c1-32-28-29-35(48(63)64)36(30-32)41-39-33(2)42-46-44(51(8,9)55(16,17)59(24,25)61(46)57(20,21)53(12,13)49(42,4)5)37(39)31-38-40(41)34(3)43-47-45(38)52(10,11)56(18,19)60(26,27)62(47)58(22,23)54(14,15)50(43,6)7/h28-30H,31H2,1-27H3/p+1. The Morgan fingerprint density at radius 3 is 1.45 bits per heavy atom. The second-order valence-electron chi connectivity index (χ2n) is 28.0. The van der Waals surface area contributed by atoms with E-state index < -0.39 is 5.97 Å².